The fraction of sp³-hybridized carbons (Fsp3) is 0.400. The summed E-state index contributed by atoms with van der Waals surface area (Å²) in [6, 6.07) is 1.84. The first kappa shape index (κ1) is 13.7. The molecule has 1 aromatic rings. The molecule has 0 saturated heterocycles. The predicted molar refractivity (Wildman–Crippen MR) is 63.0 cm³/mol. The van der Waals surface area contributed by atoms with Crippen LogP contribution in [-0.4, -0.2) is 23.2 Å². The van der Waals surface area contributed by atoms with E-state index in [1.165, 1.54) is 12.3 Å². The molecule has 0 atom stereocenters. The Morgan fingerprint density at radius 3 is 2.65 bits per heavy atom. The summed E-state index contributed by atoms with van der Waals surface area (Å²) in [6.07, 6.45) is 4.51. The molecule has 92 valence electrons. The average molecular weight is 255 g/mol. The van der Waals surface area contributed by atoms with Crippen molar-refractivity contribution < 1.29 is 13.6 Å². The highest BCUT2D eigenvalue weighted by Gasteiger charge is 2.30. The lowest BCUT2D eigenvalue weighted by molar-refractivity contribution is 0.227. The van der Waals surface area contributed by atoms with Crippen LogP contribution in [0.1, 0.15) is 19.7 Å². The van der Waals surface area contributed by atoms with E-state index in [2.05, 4.69) is 9.97 Å². The molecule has 1 N–H and O–H groups in total. The van der Waals surface area contributed by atoms with Gasteiger partial charge in [-0.05, 0) is 13.8 Å². The third-order valence-electron chi connectivity index (χ3n) is 1.80. The lowest BCUT2D eigenvalue weighted by atomic mass is 10.5. The van der Waals surface area contributed by atoms with Crippen molar-refractivity contribution in [3.05, 3.63) is 23.5 Å². The molecule has 0 amide bonds. The van der Waals surface area contributed by atoms with Crippen LogP contribution >= 0.6 is 7.60 Å². The summed E-state index contributed by atoms with van der Waals surface area (Å²) in [5.74, 6) is 0.432. The third-order valence-corrected chi connectivity index (χ3v) is 3.82. The van der Waals surface area contributed by atoms with Gasteiger partial charge in [0, 0.05) is 18.5 Å². The summed E-state index contributed by atoms with van der Waals surface area (Å²) in [5.41, 5.74) is 0. The van der Waals surface area contributed by atoms with Gasteiger partial charge < -0.3 is 14.0 Å². The molecule has 1 aromatic heterocycles. The number of hydrogen-bond acceptors (Lipinski definition) is 5. The normalized spacial score (nSPS) is 12.4. The molecule has 0 fully saturated rings. The first-order valence-corrected chi connectivity index (χ1v) is 6.71. The number of nitriles is 1. The second-order valence-corrected chi connectivity index (χ2v) is 4.94. The highest BCUT2D eigenvalue weighted by atomic mass is 31.2. The number of hydrogen-bond donors (Lipinski definition) is 1. The highest BCUT2D eigenvalue weighted by molar-refractivity contribution is 7.59. The van der Waals surface area contributed by atoms with Crippen LogP contribution in [0, 0.1) is 11.3 Å². The smallest absolute Gasteiger partial charge is 0.345 e. The summed E-state index contributed by atoms with van der Waals surface area (Å²) in [5, 5.41) is 8.96. The van der Waals surface area contributed by atoms with E-state index in [9.17, 15) is 4.57 Å². The first-order chi connectivity index (χ1) is 8.16. The maximum absolute atomic E-state index is 12.3. The molecule has 0 aliphatic carbocycles. The molecule has 0 aliphatic heterocycles. The fourth-order valence-electron chi connectivity index (χ4n) is 1.17. The fourth-order valence-corrected chi connectivity index (χ4v) is 2.61. The Balaban J connectivity index is 3.06. The first-order valence-electron chi connectivity index (χ1n) is 5.17. The van der Waals surface area contributed by atoms with E-state index in [1.807, 2.05) is 6.07 Å². The Bertz CT molecular complexity index is 452. The molecule has 0 aliphatic rings. The maximum atomic E-state index is 12.3. The number of nitrogens with zero attached hydrogens (tertiary/aromatic N) is 2. The van der Waals surface area contributed by atoms with E-state index in [1.54, 1.807) is 20.0 Å². The third kappa shape index (κ3) is 3.53. The number of imidazole rings is 1. The van der Waals surface area contributed by atoms with Crippen molar-refractivity contribution in [2.75, 3.05) is 13.2 Å². The number of nitrogens with one attached hydrogen (secondary N) is 1. The van der Waals surface area contributed by atoms with E-state index in [-0.39, 0.29) is 18.5 Å². The van der Waals surface area contributed by atoms with Gasteiger partial charge in [-0.2, -0.15) is 5.26 Å². The Hall–Kier alpha value is -1.41. The number of aromatic amines is 1. The minimum absolute atomic E-state index is 0.0591. The van der Waals surface area contributed by atoms with Crippen LogP contribution in [0.15, 0.2) is 17.7 Å². The van der Waals surface area contributed by atoms with E-state index < -0.39 is 7.60 Å². The summed E-state index contributed by atoms with van der Waals surface area (Å²) in [6.45, 7) is 3.78. The number of H-pyrrole nitrogens is 1. The summed E-state index contributed by atoms with van der Waals surface area (Å²) < 4.78 is 22.4. The molecule has 7 heteroatoms. The zero-order valence-electron chi connectivity index (χ0n) is 9.71. The van der Waals surface area contributed by atoms with E-state index >= 15 is 0 Å². The Morgan fingerprint density at radius 2 is 2.24 bits per heavy atom. The van der Waals surface area contributed by atoms with Gasteiger partial charge in [-0.1, -0.05) is 0 Å². The van der Waals surface area contributed by atoms with Crippen molar-refractivity contribution >= 4 is 13.7 Å². The minimum Gasteiger partial charge on any atom is -0.345 e. The van der Waals surface area contributed by atoms with Crippen molar-refractivity contribution in [3.8, 4) is 6.07 Å². The second-order valence-electron chi connectivity index (χ2n) is 2.95. The molecule has 17 heavy (non-hydrogen) atoms. The molecule has 1 rings (SSSR count). The molecule has 0 aromatic carbocycles. The van der Waals surface area contributed by atoms with Crippen LogP contribution < -0.4 is 0 Å². The number of allylic oxidation sites excluding steroid dienone is 1. The van der Waals surface area contributed by atoms with Gasteiger partial charge in [-0.3, -0.25) is 4.57 Å². The standard InChI is InChI=1S/C10H14N3O3P/c1-3-15-17(14,16-4-2)9(8-11)7-10-12-5-6-13-10/h5-7H,3-4H2,1-2H3,(H,12,13)/b9-7+. The van der Waals surface area contributed by atoms with Crippen molar-refractivity contribution in [3.63, 3.8) is 0 Å². The Kier molecular flexibility index (Phi) is 5.11. The zero-order chi connectivity index (χ0) is 12.7. The van der Waals surface area contributed by atoms with Crippen molar-refractivity contribution in [2.45, 2.75) is 13.8 Å². The van der Waals surface area contributed by atoms with Crippen molar-refractivity contribution in [1.82, 2.24) is 9.97 Å². The van der Waals surface area contributed by atoms with Crippen LogP contribution in [0.2, 0.25) is 0 Å². The largest absolute Gasteiger partial charge is 0.371 e. The number of aromatic nitrogens is 2. The molecule has 6 nitrogen and oxygen atoms in total. The van der Waals surface area contributed by atoms with Crippen LogP contribution in [0.25, 0.3) is 6.08 Å². The van der Waals surface area contributed by atoms with Gasteiger partial charge in [0.05, 0.1) is 13.2 Å². The lowest BCUT2D eigenvalue weighted by Crippen LogP contribution is -1.98. The molecule has 0 radical (unpaired) electrons. The monoisotopic (exact) mass is 255 g/mol. The molecular weight excluding hydrogens is 241 g/mol. The Labute approximate surface area is 99.8 Å². The quantitative estimate of drug-likeness (QED) is 0.623. The molecule has 0 saturated carbocycles. The van der Waals surface area contributed by atoms with Gasteiger partial charge in [0.2, 0.25) is 0 Å². The van der Waals surface area contributed by atoms with Crippen molar-refractivity contribution in [1.29, 1.82) is 5.26 Å². The van der Waals surface area contributed by atoms with Crippen LogP contribution in [0.5, 0.6) is 0 Å². The highest BCUT2D eigenvalue weighted by Crippen LogP contribution is 2.56. The van der Waals surface area contributed by atoms with E-state index in [0.717, 1.165) is 0 Å². The van der Waals surface area contributed by atoms with Gasteiger partial charge in [0.15, 0.2) is 0 Å². The van der Waals surface area contributed by atoms with Crippen LogP contribution in [0.3, 0.4) is 0 Å². The zero-order valence-corrected chi connectivity index (χ0v) is 10.6. The Morgan fingerprint density at radius 1 is 1.59 bits per heavy atom. The topological polar surface area (TPSA) is 88.0 Å². The lowest BCUT2D eigenvalue weighted by Gasteiger charge is -2.15. The summed E-state index contributed by atoms with van der Waals surface area (Å²) in [7, 11) is -3.53. The van der Waals surface area contributed by atoms with E-state index in [4.69, 9.17) is 14.3 Å². The number of rotatable bonds is 6. The minimum atomic E-state index is -3.53. The van der Waals surface area contributed by atoms with Gasteiger partial charge in [-0.25, -0.2) is 4.98 Å². The van der Waals surface area contributed by atoms with Gasteiger partial charge in [0.1, 0.15) is 17.2 Å². The average Bonchev–Trinajstić information content (AvgIpc) is 2.79. The summed E-state index contributed by atoms with van der Waals surface area (Å²) >= 11 is 0. The van der Waals surface area contributed by atoms with E-state index in [0.29, 0.717) is 5.82 Å². The van der Waals surface area contributed by atoms with Gasteiger partial charge in [-0.15, -0.1) is 0 Å². The molecular formula is C10H14N3O3P. The summed E-state index contributed by atoms with van der Waals surface area (Å²) in [4.78, 5) is 6.71. The molecule has 0 bridgehead atoms. The molecule has 1 heterocycles. The van der Waals surface area contributed by atoms with Crippen molar-refractivity contribution in [2.24, 2.45) is 0 Å². The SMILES string of the molecule is CCOP(=O)(OCC)/C(C#N)=C/c1ncc[nH]1. The maximum Gasteiger partial charge on any atom is 0.371 e. The molecule has 0 unspecified atom stereocenters. The van der Waals surface area contributed by atoms with Crippen LogP contribution in [0.4, 0.5) is 0 Å². The predicted octanol–water partition coefficient (Wildman–Crippen LogP) is 2.54. The van der Waals surface area contributed by atoms with Crippen LogP contribution in [-0.2, 0) is 13.6 Å². The van der Waals surface area contributed by atoms with Gasteiger partial charge >= 0.3 is 7.60 Å². The molecule has 0 spiro atoms. The second kappa shape index (κ2) is 6.36. The van der Waals surface area contributed by atoms with Gasteiger partial charge in [0.25, 0.3) is 0 Å².